The number of rotatable bonds is 6. The molecule has 7 heteroatoms. The van der Waals surface area contributed by atoms with Crippen LogP contribution < -0.4 is 14.8 Å². The Morgan fingerprint density at radius 3 is 2.64 bits per heavy atom. The van der Waals surface area contributed by atoms with Gasteiger partial charge >= 0.3 is 0 Å². The van der Waals surface area contributed by atoms with Gasteiger partial charge in [-0.1, -0.05) is 6.07 Å². The molecular weight excluding hydrogens is 354 g/mol. The van der Waals surface area contributed by atoms with Crippen molar-refractivity contribution in [2.75, 3.05) is 19.5 Å². The van der Waals surface area contributed by atoms with Gasteiger partial charge in [0, 0.05) is 42.3 Å². The Labute approximate surface area is 163 Å². The fraction of sp³-hybridized carbons (Fsp3) is 0.190. The molecule has 3 aromatic heterocycles. The van der Waals surface area contributed by atoms with Crippen molar-refractivity contribution in [1.82, 2.24) is 19.6 Å². The number of ether oxygens (including phenoxy) is 2. The molecule has 0 aliphatic carbocycles. The fourth-order valence-electron chi connectivity index (χ4n) is 3.06. The van der Waals surface area contributed by atoms with Crippen LogP contribution in [0.1, 0.15) is 11.3 Å². The van der Waals surface area contributed by atoms with E-state index in [-0.39, 0.29) is 0 Å². The van der Waals surface area contributed by atoms with E-state index < -0.39 is 0 Å². The summed E-state index contributed by atoms with van der Waals surface area (Å²) in [6, 6.07) is 13.6. The third-order valence-electron chi connectivity index (χ3n) is 4.43. The molecule has 4 aromatic rings. The zero-order valence-corrected chi connectivity index (χ0v) is 16.0. The maximum Gasteiger partial charge on any atom is 0.161 e. The fourth-order valence-corrected chi connectivity index (χ4v) is 3.06. The molecule has 0 aliphatic rings. The number of anilines is 1. The van der Waals surface area contributed by atoms with Gasteiger partial charge in [-0.05, 0) is 36.8 Å². The van der Waals surface area contributed by atoms with E-state index in [0.29, 0.717) is 18.0 Å². The van der Waals surface area contributed by atoms with E-state index in [4.69, 9.17) is 14.6 Å². The second kappa shape index (κ2) is 7.56. The van der Waals surface area contributed by atoms with Crippen molar-refractivity contribution in [3.63, 3.8) is 0 Å². The van der Waals surface area contributed by atoms with Crippen molar-refractivity contribution in [3.05, 3.63) is 66.1 Å². The summed E-state index contributed by atoms with van der Waals surface area (Å²) in [5.74, 6) is 2.22. The highest BCUT2D eigenvalue weighted by Gasteiger charge is 2.12. The van der Waals surface area contributed by atoms with Crippen LogP contribution in [0.5, 0.6) is 11.5 Å². The lowest BCUT2D eigenvalue weighted by Crippen LogP contribution is -2.06. The lowest BCUT2D eigenvalue weighted by atomic mass is 10.1. The van der Waals surface area contributed by atoms with Crippen molar-refractivity contribution in [1.29, 1.82) is 0 Å². The van der Waals surface area contributed by atoms with Crippen molar-refractivity contribution in [3.8, 4) is 22.8 Å². The first-order valence-electron chi connectivity index (χ1n) is 8.90. The zero-order valence-electron chi connectivity index (χ0n) is 16.0. The number of pyridine rings is 1. The molecule has 0 saturated carbocycles. The second-order valence-corrected chi connectivity index (χ2v) is 6.37. The van der Waals surface area contributed by atoms with Crippen LogP contribution >= 0.6 is 0 Å². The number of hydrogen-bond donors (Lipinski definition) is 1. The Morgan fingerprint density at radius 1 is 1.04 bits per heavy atom. The van der Waals surface area contributed by atoms with Crippen LogP contribution in [-0.4, -0.2) is 33.8 Å². The smallest absolute Gasteiger partial charge is 0.161 e. The first-order chi connectivity index (χ1) is 13.7. The summed E-state index contributed by atoms with van der Waals surface area (Å²) in [5, 5.41) is 8.17. The Balaban J connectivity index is 1.70. The molecule has 4 rings (SSSR count). The van der Waals surface area contributed by atoms with Crippen LogP contribution in [0.25, 0.3) is 16.9 Å². The summed E-state index contributed by atoms with van der Waals surface area (Å²) in [6.45, 7) is 2.62. The molecule has 0 bridgehead atoms. The summed E-state index contributed by atoms with van der Waals surface area (Å²) < 4.78 is 12.5. The van der Waals surface area contributed by atoms with Gasteiger partial charge in [0.25, 0.3) is 0 Å². The van der Waals surface area contributed by atoms with Crippen LogP contribution in [0.15, 0.2) is 54.9 Å². The lowest BCUT2D eigenvalue weighted by molar-refractivity contribution is 0.355. The normalized spacial score (nSPS) is 10.8. The molecule has 28 heavy (non-hydrogen) atoms. The quantitative estimate of drug-likeness (QED) is 0.554. The van der Waals surface area contributed by atoms with E-state index in [1.807, 2.05) is 60.1 Å². The number of fused-ring (bicyclic) bond motifs is 1. The Kier molecular flexibility index (Phi) is 4.80. The number of nitrogens with zero attached hydrogens (tertiary/aromatic N) is 4. The largest absolute Gasteiger partial charge is 0.493 e. The van der Waals surface area contributed by atoms with Gasteiger partial charge < -0.3 is 14.8 Å². The van der Waals surface area contributed by atoms with E-state index in [1.54, 1.807) is 20.4 Å². The summed E-state index contributed by atoms with van der Waals surface area (Å²) >= 11 is 0. The molecule has 0 unspecified atom stereocenters. The number of aryl methyl sites for hydroxylation is 1. The minimum atomic E-state index is 0.651. The molecule has 0 amide bonds. The van der Waals surface area contributed by atoms with Gasteiger partial charge in [0.05, 0.1) is 19.9 Å². The third-order valence-corrected chi connectivity index (χ3v) is 4.43. The van der Waals surface area contributed by atoms with E-state index in [0.717, 1.165) is 34.0 Å². The highest BCUT2D eigenvalue weighted by molar-refractivity contribution is 5.68. The zero-order chi connectivity index (χ0) is 19.5. The molecular formula is C21H21N5O2. The number of methoxy groups -OCH3 is 2. The first-order valence-corrected chi connectivity index (χ1v) is 8.90. The van der Waals surface area contributed by atoms with Gasteiger partial charge in [-0.3, -0.25) is 4.98 Å². The summed E-state index contributed by atoms with van der Waals surface area (Å²) in [7, 11) is 3.24. The van der Waals surface area contributed by atoms with Gasteiger partial charge in [0.1, 0.15) is 5.82 Å². The minimum absolute atomic E-state index is 0.651. The van der Waals surface area contributed by atoms with E-state index in [2.05, 4.69) is 15.3 Å². The predicted octanol–water partition coefficient (Wildman–Crippen LogP) is 3.73. The second-order valence-electron chi connectivity index (χ2n) is 6.37. The summed E-state index contributed by atoms with van der Waals surface area (Å²) in [5.41, 5.74) is 4.53. The SMILES string of the molecule is COc1ccc(-c2cc3nc(C)cc(NCc4cccnc4)n3n2)cc1OC. The van der Waals surface area contributed by atoms with Crippen LogP contribution in [0.2, 0.25) is 0 Å². The molecule has 0 saturated heterocycles. The Hall–Kier alpha value is -3.61. The molecule has 0 atom stereocenters. The summed E-state index contributed by atoms with van der Waals surface area (Å²) in [4.78, 5) is 8.76. The molecule has 3 heterocycles. The minimum Gasteiger partial charge on any atom is -0.493 e. The van der Waals surface area contributed by atoms with Crippen molar-refractivity contribution >= 4 is 11.5 Å². The van der Waals surface area contributed by atoms with Gasteiger partial charge in [0.15, 0.2) is 17.1 Å². The summed E-state index contributed by atoms with van der Waals surface area (Å²) in [6.07, 6.45) is 3.61. The standard InChI is InChI=1S/C21H21N5O2/c1-14-9-20(23-13-15-5-4-8-22-12-15)26-21(24-14)11-17(25-26)16-6-7-18(27-2)19(10-16)28-3/h4-12,23H,13H2,1-3H3. The molecule has 0 radical (unpaired) electrons. The van der Waals surface area contributed by atoms with Gasteiger partial charge in [-0.15, -0.1) is 0 Å². The predicted molar refractivity (Wildman–Crippen MR) is 108 cm³/mol. The van der Waals surface area contributed by atoms with Crippen LogP contribution in [0, 0.1) is 6.92 Å². The highest BCUT2D eigenvalue weighted by Crippen LogP contribution is 2.32. The number of benzene rings is 1. The van der Waals surface area contributed by atoms with Crippen molar-refractivity contribution in [2.45, 2.75) is 13.5 Å². The van der Waals surface area contributed by atoms with Gasteiger partial charge in [-0.25, -0.2) is 4.98 Å². The topological polar surface area (TPSA) is 73.6 Å². The van der Waals surface area contributed by atoms with E-state index in [1.165, 1.54) is 0 Å². The average molecular weight is 375 g/mol. The van der Waals surface area contributed by atoms with Crippen molar-refractivity contribution in [2.24, 2.45) is 0 Å². The molecule has 142 valence electrons. The maximum absolute atomic E-state index is 5.41. The maximum atomic E-state index is 5.41. The van der Waals surface area contributed by atoms with E-state index in [9.17, 15) is 0 Å². The molecule has 1 aromatic carbocycles. The Morgan fingerprint density at radius 2 is 1.89 bits per heavy atom. The first kappa shape index (κ1) is 17.8. The van der Waals surface area contributed by atoms with E-state index >= 15 is 0 Å². The highest BCUT2D eigenvalue weighted by atomic mass is 16.5. The lowest BCUT2D eigenvalue weighted by Gasteiger charge is -2.09. The number of aromatic nitrogens is 4. The molecule has 1 N–H and O–H groups in total. The number of nitrogens with one attached hydrogen (secondary N) is 1. The number of hydrogen-bond acceptors (Lipinski definition) is 6. The molecule has 7 nitrogen and oxygen atoms in total. The van der Waals surface area contributed by atoms with Crippen LogP contribution in [-0.2, 0) is 6.54 Å². The van der Waals surface area contributed by atoms with Gasteiger partial charge in [0.2, 0.25) is 0 Å². The van der Waals surface area contributed by atoms with Crippen molar-refractivity contribution < 1.29 is 9.47 Å². The Bertz CT molecular complexity index is 1110. The average Bonchev–Trinajstić information content (AvgIpc) is 3.16. The van der Waals surface area contributed by atoms with Gasteiger partial charge in [-0.2, -0.15) is 9.61 Å². The third kappa shape index (κ3) is 3.46. The molecule has 0 aliphatic heterocycles. The monoisotopic (exact) mass is 375 g/mol. The van der Waals surface area contributed by atoms with Crippen LogP contribution in [0.4, 0.5) is 5.82 Å². The van der Waals surface area contributed by atoms with Crippen LogP contribution in [0.3, 0.4) is 0 Å². The molecule has 0 spiro atoms. The molecule has 0 fully saturated rings.